The molecule has 1 aromatic carbocycles. The molecule has 0 bridgehead atoms. The second-order valence-corrected chi connectivity index (χ2v) is 3.98. The Morgan fingerprint density at radius 2 is 2.06 bits per heavy atom. The van der Waals surface area contributed by atoms with Gasteiger partial charge in [-0.15, -0.1) is 0 Å². The smallest absolute Gasteiger partial charge is 0.225 e. The topological polar surface area (TPSA) is 51.4 Å². The third-order valence-electron chi connectivity index (χ3n) is 2.56. The first-order chi connectivity index (χ1) is 7.72. The van der Waals surface area contributed by atoms with Crippen LogP contribution in [0.15, 0.2) is 35.9 Å². The number of thiocarbonyl (C=S) groups is 1. The highest BCUT2D eigenvalue weighted by Gasteiger charge is 2.27. The predicted molar refractivity (Wildman–Crippen MR) is 66.4 cm³/mol. The molecule has 1 N–H and O–H groups in total. The van der Waals surface area contributed by atoms with E-state index in [4.69, 9.17) is 17.6 Å². The van der Waals surface area contributed by atoms with E-state index >= 15 is 0 Å². The van der Waals surface area contributed by atoms with Gasteiger partial charge in [0, 0.05) is 17.9 Å². The molecule has 80 valence electrons. The van der Waals surface area contributed by atoms with Crippen molar-refractivity contribution in [2.75, 3.05) is 0 Å². The van der Waals surface area contributed by atoms with Crippen molar-refractivity contribution in [1.29, 1.82) is 0 Å². The molecule has 16 heavy (non-hydrogen) atoms. The van der Waals surface area contributed by atoms with Crippen LogP contribution in [0.4, 0.5) is 0 Å². The number of rotatable bonds is 1. The molecule has 0 spiro atoms. The number of nitrogens with one attached hydrogen (secondary N) is 1. The molecule has 2 rings (SSSR count). The molecule has 1 atom stereocenters. The number of hydrogen-bond acceptors (Lipinski definition) is 2. The molecule has 0 saturated carbocycles. The number of piperidine rings is 1. The second-order valence-electron chi connectivity index (χ2n) is 3.57. The highest BCUT2D eigenvalue weighted by molar-refractivity contribution is 7.80. The van der Waals surface area contributed by atoms with Gasteiger partial charge in [0.2, 0.25) is 5.91 Å². The summed E-state index contributed by atoms with van der Waals surface area (Å²) in [7, 11) is 0. The molecule has 0 radical (unpaired) electrons. The van der Waals surface area contributed by atoms with E-state index < -0.39 is 0 Å². The predicted octanol–water partition coefficient (Wildman–Crippen LogP) is 1.78. The molecule has 1 heterocycles. The highest BCUT2D eigenvalue weighted by atomic mass is 32.1. The molecular weight excluding hydrogens is 220 g/mol. The van der Waals surface area contributed by atoms with Gasteiger partial charge < -0.3 is 10.7 Å². The number of hydrogen-bond donors (Lipinski definition) is 1. The van der Waals surface area contributed by atoms with Crippen molar-refractivity contribution in [3.05, 3.63) is 46.9 Å². The summed E-state index contributed by atoms with van der Waals surface area (Å²) in [5, 5.41) is 11.6. The van der Waals surface area contributed by atoms with Crippen LogP contribution in [-0.2, 0) is 4.79 Å². The lowest BCUT2D eigenvalue weighted by Gasteiger charge is -2.26. The summed E-state index contributed by atoms with van der Waals surface area (Å²) < 4.78 is 0. The van der Waals surface area contributed by atoms with Crippen LogP contribution in [0.1, 0.15) is 17.9 Å². The van der Waals surface area contributed by atoms with Gasteiger partial charge >= 0.3 is 0 Å². The molecule has 0 aromatic heterocycles. The van der Waals surface area contributed by atoms with Gasteiger partial charge in [0.25, 0.3) is 0 Å². The van der Waals surface area contributed by atoms with Gasteiger partial charge in [0.05, 0.1) is 0 Å². The zero-order valence-corrected chi connectivity index (χ0v) is 9.25. The van der Waals surface area contributed by atoms with Crippen LogP contribution in [0.2, 0.25) is 0 Å². The Morgan fingerprint density at radius 1 is 1.38 bits per heavy atom. The highest BCUT2D eigenvalue weighted by Crippen LogP contribution is 2.29. The molecule has 0 aliphatic carbocycles. The lowest BCUT2D eigenvalue weighted by atomic mass is 9.86. The lowest BCUT2D eigenvalue weighted by molar-refractivity contribution is -0.120. The van der Waals surface area contributed by atoms with Crippen LogP contribution in [-0.4, -0.2) is 16.8 Å². The molecular formula is C12H9N2OS-. The summed E-state index contributed by atoms with van der Waals surface area (Å²) in [5.41, 5.74) is 1.43. The van der Waals surface area contributed by atoms with Gasteiger partial charge in [0.15, 0.2) is 0 Å². The van der Waals surface area contributed by atoms with Gasteiger partial charge in [-0.1, -0.05) is 42.5 Å². The van der Waals surface area contributed by atoms with Crippen LogP contribution >= 0.6 is 12.2 Å². The first kappa shape index (κ1) is 10.7. The Labute approximate surface area is 98.7 Å². The molecule has 3 nitrogen and oxygen atoms in total. The van der Waals surface area contributed by atoms with Gasteiger partial charge in [-0.25, -0.2) is 0 Å². The fraction of sp³-hybridized carbons (Fsp3) is 0.167. The minimum atomic E-state index is -0.201. The maximum Gasteiger partial charge on any atom is 0.225 e. The number of carbonyl (C=O) groups is 1. The molecule has 1 unspecified atom stereocenters. The third-order valence-corrected chi connectivity index (χ3v) is 2.88. The minimum absolute atomic E-state index is 0.127. The largest absolute Gasteiger partial charge is 0.763 e. The fourth-order valence-corrected chi connectivity index (χ4v) is 2.09. The molecule has 1 saturated heterocycles. The summed E-state index contributed by atoms with van der Waals surface area (Å²) in [6, 6.07) is 9.49. The standard InChI is InChI=1S/C12H9N2OS/c13-7-10-9(6-11(15)14-12(10)16)8-4-2-1-3-5-8/h1-5,9H,6H2,(H,14,15,16)/q-1. The first-order valence-electron chi connectivity index (χ1n) is 4.88. The fourth-order valence-electron chi connectivity index (χ4n) is 1.79. The van der Waals surface area contributed by atoms with Crippen molar-refractivity contribution in [3.8, 4) is 0 Å². The van der Waals surface area contributed by atoms with E-state index in [1.54, 1.807) is 0 Å². The maximum atomic E-state index is 11.4. The summed E-state index contributed by atoms with van der Waals surface area (Å²) in [4.78, 5) is 11.7. The summed E-state index contributed by atoms with van der Waals surface area (Å²) >= 11 is 4.99. The Kier molecular flexibility index (Phi) is 2.95. The Bertz CT molecular complexity index is 489. The molecule has 1 fully saturated rings. The quantitative estimate of drug-likeness (QED) is 0.453. The lowest BCUT2D eigenvalue weighted by Crippen LogP contribution is -2.38. The molecule has 1 aliphatic rings. The Balaban J connectivity index is 2.42. The van der Waals surface area contributed by atoms with Crippen molar-refractivity contribution in [2.24, 2.45) is 0 Å². The van der Waals surface area contributed by atoms with Crippen LogP contribution in [0.5, 0.6) is 0 Å². The second kappa shape index (κ2) is 4.39. The van der Waals surface area contributed by atoms with E-state index in [0.29, 0.717) is 5.57 Å². The van der Waals surface area contributed by atoms with Gasteiger partial charge in [-0.05, 0) is 5.56 Å². The zero-order valence-electron chi connectivity index (χ0n) is 8.43. The van der Waals surface area contributed by atoms with Crippen molar-refractivity contribution >= 4 is 29.0 Å². The zero-order chi connectivity index (χ0) is 11.5. The van der Waals surface area contributed by atoms with Gasteiger partial charge in [-0.3, -0.25) is 10.7 Å². The number of nitrogens with zero attached hydrogens (tertiary/aromatic N) is 1. The van der Waals surface area contributed by atoms with Crippen LogP contribution < -0.4 is 5.32 Å². The van der Waals surface area contributed by atoms with Crippen molar-refractivity contribution in [1.82, 2.24) is 5.32 Å². The molecule has 1 amide bonds. The van der Waals surface area contributed by atoms with Crippen molar-refractivity contribution < 1.29 is 4.79 Å². The molecule has 4 heteroatoms. The van der Waals surface area contributed by atoms with Crippen LogP contribution in [0.3, 0.4) is 0 Å². The first-order valence-corrected chi connectivity index (χ1v) is 5.29. The average molecular weight is 229 g/mol. The number of carbonyl (C=O) groups excluding carboxylic acids is 1. The van der Waals surface area contributed by atoms with Crippen molar-refractivity contribution in [3.63, 3.8) is 0 Å². The van der Waals surface area contributed by atoms with Crippen molar-refractivity contribution in [2.45, 2.75) is 12.3 Å². The van der Waals surface area contributed by atoms with Gasteiger partial charge in [-0.2, -0.15) is 0 Å². The monoisotopic (exact) mass is 229 g/mol. The number of amides is 1. The normalized spacial score (nSPS) is 20.2. The summed E-state index contributed by atoms with van der Waals surface area (Å²) in [6.07, 6.45) is 0.285. The SMILES string of the molecule is [N-]=C=C1C(=S)NC(=O)CC1c1ccccc1. The Morgan fingerprint density at radius 3 is 2.69 bits per heavy atom. The van der Waals surface area contributed by atoms with E-state index in [1.165, 1.54) is 0 Å². The van der Waals surface area contributed by atoms with E-state index in [9.17, 15) is 4.79 Å². The third kappa shape index (κ3) is 1.94. The molecule has 1 aromatic rings. The van der Waals surface area contributed by atoms with E-state index in [-0.39, 0.29) is 23.2 Å². The summed E-state index contributed by atoms with van der Waals surface area (Å²) in [5.74, 6) is 1.76. The van der Waals surface area contributed by atoms with E-state index in [1.807, 2.05) is 30.3 Å². The van der Waals surface area contributed by atoms with Crippen LogP contribution in [0, 0.1) is 0 Å². The average Bonchev–Trinajstić information content (AvgIpc) is 2.29. The number of benzene rings is 1. The van der Waals surface area contributed by atoms with E-state index in [0.717, 1.165) is 5.56 Å². The maximum absolute atomic E-state index is 11.4. The Hall–Kier alpha value is -1.77. The summed E-state index contributed by atoms with van der Waals surface area (Å²) in [6.45, 7) is 0. The van der Waals surface area contributed by atoms with Gasteiger partial charge in [0.1, 0.15) is 4.99 Å². The molecule has 1 aliphatic heterocycles. The minimum Gasteiger partial charge on any atom is -0.763 e. The van der Waals surface area contributed by atoms with Crippen LogP contribution in [0.25, 0.3) is 5.41 Å². The van der Waals surface area contributed by atoms with E-state index in [2.05, 4.69) is 11.2 Å².